The highest BCUT2D eigenvalue weighted by Crippen LogP contribution is 2.38. The van der Waals surface area contributed by atoms with Gasteiger partial charge >= 0.3 is 0 Å². The lowest BCUT2D eigenvalue weighted by atomic mass is 9.91. The summed E-state index contributed by atoms with van der Waals surface area (Å²) in [6.45, 7) is 5.69. The van der Waals surface area contributed by atoms with Gasteiger partial charge in [0.05, 0.1) is 39.5 Å². The van der Waals surface area contributed by atoms with E-state index in [0.717, 1.165) is 43.3 Å². The van der Waals surface area contributed by atoms with Gasteiger partial charge in [-0.1, -0.05) is 69.9 Å². The summed E-state index contributed by atoms with van der Waals surface area (Å²) >= 11 is 0. The number of unbranched alkanes of at least 4 members (excludes halogenated alkanes) is 9. The van der Waals surface area contributed by atoms with Crippen LogP contribution in [0.5, 0.6) is 0 Å². The Morgan fingerprint density at radius 3 is 2.14 bits per heavy atom. The van der Waals surface area contributed by atoms with E-state index >= 15 is 0 Å². The Kier molecular flexibility index (Phi) is 16.0. The second-order valence-corrected chi connectivity index (χ2v) is 12.4. The van der Waals surface area contributed by atoms with Crippen LogP contribution in [0.3, 0.4) is 0 Å². The lowest BCUT2D eigenvalue weighted by Crippen LogP contribution is -2.49. The second kappa shape index (κ2) is 18.1. The molecule has 1 aliphatic heterocycles. The molecule has 0 N–H and O–H groups in total. The number of allylic oxidation sites excluding steroid dienone is 2. The number of hydrogen-bond acceptors (Lipinski definition) is 5. The number of nitrogens with zero attached hydrogens (tertiary/aromatic N) is 1. The molecule has 35 heavy (non-hydrogen) atoms. The molecule has 1 aliphatic carbocycles. The first-order valence-corrected chi connectivity index (χ1v) is 16.1. The SMILES string of the molecule is CCCCCCCCCCCC=C1CCC(OCCOP(=O)([O-])OCC[N+]2(C)CCCCC2)CC1. The summed E-state index contributed by atoms with van der Waals surface area (Å²) in [5.41, 5.74) is 1.57. The van der Waals surface area contributed by atoms with Gasteiger partial charge in [-0.05, 0) is 57.8 Å². The standard InChI is InChI=1S/C28H54NO5P/c1-3-4-5-6-7-8-9-10-11-13-16-27-17-19-28(20-18-27)32-25-26-34-35(30,31)33-24-23-29(2)21-14-12-15-22-29/h16,28H,3-15,17-26H2,1-2H3. The van der Waals surface area contributed by atoms with Crippen molar-refractivity contribution < 1.29 is 27.7 Å². The average molecular weight is 516 g/mol. The Morgan fingerprint density at radius 2 is 1.49 bits per heavy atom. The maximum atomic E-state index is 12.0. The first-order chi connectivity index (χ1) is 16.9. The molecule has 2 rings (SSSR count). The predicted octanol–water partition coefficient (Wildman–Crippen LogP) is 6.93. The molecule has 1 saturated carbocycles. The van der Waals surface area contributed by atoms with E-state index in [2.05, 4.69) is 20.0 Å². The normalized spacial score (nSPS) is 22.1. The summed E-state index contributed by atoms with van der Waals surface area (Å²) in [5.74, 6) is 0. The van der Waals surface area contributed by atoms with Crippen LogP contribution in [0, 0.1) is 0 Å². The fourth-order valence-electron chi connectivity index (χ4n) is 5.37. The molecule has 2 fully saturated rings. The van der Waals surface area contributed by atoms with Crippen LogP contribution in [0.4, 0.5) is 0 Å². The summed E-state index contributed by atoms with van der Waals surface area (Å²) in [6.07, 6.45) is 24.2. The quantitative estimate of drug-likeness (QED) is 0.0808. The van der Waals surface area contributed by atoms with Gasteiger partial charge < -0.3 is 23.2 Å². The van der Waals surface area contributed by atoms with Crippen molar-refractivity contribution in [3.8, 4) is 0 Å². The zero-order valence-electron chi connectivity index (χ0n) is 22.9. The van der Waals surface area contributed by atoms with Crippen molar-refractivity contribution in [3.63, 3.8) is 0 Å². The topological polar surface area (TPSA) is 67.8 Å². The van der Waals surface area contributed by atoms with Crippen LogP contribution >= 0.6 is 7.82 Å². The maximum absolute atomic E-state index is 12.0. The predicted molar refractivity (Wildman–Crippen MR) is 142 cm³/mol. The van der Waals surface area contributed by atoms with Crippen molar-refractivity contribution in [1.82, 2.24) is 0 Å². The van der Waals surface area contributed by atoms with Crippen LogP contribution in [0.1, 0.15) is 116 Å². The van der Waals surface area contributed by atoms with E-state index in [9.17, 15) is 9.46 Å². The highest BCUT2D eigenvalue weighted by atomic mass is 31.2. The largest absolute Gasteiger partial charge is 0.756 e. The minimum Gasteiger partial charge on any atom is -0.756 e. The molecule has 0 aromatic carbocycles. The lowest BCUT2D eigenvalue weighted by Gasteiger charge is -2.38. The Morgan fingerprint density at radius 1 is 0.886 bits per heavy atom. The van der Waals surface area contributed by atoms with Crippen molar-refractivity contribution >= 4 is 7.82 Å². The minimum atomic E-state index is -4.25. The van der Waals surface area contributed by atoms with Gasteiger partial charge in [-0.25, -0.2) is 0 Å². The number of likely N-dealkylation sites (tertiary alicyclic amines) is 1. The summed E-state index contributed by atoms with van der Waals surface area (Å²) in [4.78, 5) is 12.0. The third-order valence-electron chi connectivity index (χ3n) is 7.78. The number of ether oxygens (including phenoxy) is 1. The zero-order chi connectivity index (χ0) is 25.2. The number of hydrogen-bond donors (Lipinski definition) is 0. The van der Waals surface area contributed by atoms with E-state index in [1.807, 2.05) is 0 Å². The Balaban J connectivity index is 1.44. The third kappa shape index (κ3) is 14.9. The van der Waals surface area contributed by atoms with Crippen LogP contribution in [0.15, 0.2) is 11.6 Å². The Labute approximate surface area is 216 Å². The average Bonchev–Trinajstić information content (AvgIpc) is 2.84. The monoisotopic (exact) mass is 515 g/mol. The first kappa shape index (κ1) is 31.0. The van der Waals surface area contributed by atoms with Gasteiger partial charge in [0.2, 0.25) is 0 Å². The summed E-state index contributed by atoms with van der Waals surface area (Å²) in [6, 6.07) is 0. The molecule has 7 heteroatoms. The second-order valence-electron chi connectivity index (χ2n) is 11.0. The van der Waals surface area contributed by atoms with E-state index < -0.39 is 7.82 Å². The Bertz CT molecular complexity index is 610. The molecular formula is C28H54NO5P. The molecule has 206 valence electrons. The van der Waals surface area contributed by atoms with E-state index in [4.69, 9.17) is 13.8 Å². The molecule has 6 nitrogen and oxygen atoms in total. The minimum absolute atomic E-state index is 0.0324. The van der Waals surface area contributed by atoms with E-state index in [1.54, 1.807) is 5.57 Å². The summed E-state index contributed by atoms with van der Waals surface area (Å²) in [7, 11) is -2.07. The molecule has 1 heterocycles. The number of phosphoric acid groups is 1. The van der Waals surface area contributed by atoms with Gasteiger partial charge in [0.15, 0.2) is 0 Å². The molecule has 0 amide bonds. The fraction of sp³-hybridized carbons (Fsp3) is 0.929. The van der Waals surface area contributed by atoms with Crippen LogP contribution in [-0.4, -0.2) is 57.1 Å². The highest BCUT2D eigenvalue weighted by molar-refractivity contribution is 7.45. The highest BCUT2D eigenvalue weighted by Gasteiger charge is 2.25. The molecular weight excluding hydrogens is 461 g/mol. The third-order valence-corrected chi connectivity index (χ3v) is 8.78. The molecule has 0 radical (unpaired) electrons. The van der Waals surface area contributed by atoms with Gasteiger partial charge in [0, 0.05) is 0 Å². The maximum Gasteiger partial charge on any atom is 0.268 e. The number of quaternary nitrogens is 1. The summed E-state index contributed by atoms with van der Waals surface area (Å²) < 4.78 is 28.9. The van der Waals surface area contributed by atoms with Crippen molar-refractivity contribution in [3.05, 3.63) is 11.6 Å². The number of rotatable bonds is 19. The molecule has 1 saturated heterocycles. The van der Waals surface area contributed by atoms with Gasteiger partial charge in [0.1, 0.15) is 13.2 Å². The van der Waals surface area contributed by atoms with Crippen molar-refractivity contribution in [2.24, 2.45) is 0 Å². The molecule has 0 bridgehead atoms. The van der Waals surface area contributed by atoms with Crippen LogP contribution < -0.4 is 4.89 Å². The molecule has 0 aromatic heterocycles. The zero-order valence-corrected chi connectivity index (χ0v) is 23.7. The number of piperidine rings is 1. The molecule has 0 spiro atoms. The molecule has 2 aliphatic rings. The smallest absolute Gasteiger partial charge is 0.268 e. The van der Waals surface area contributed by atoms with E-state index in [0.29, 0.717) is 13.2 Å². The van der Waals surface area contributed by atoms with Crippen LogP contribution in [-0.2, 0) is 18.3 Å². The van der Waals surface area contributed by atoms with E-state index in [-0.39, 0.29) is 19.3 Å². The van der Waals surface area contributed by atoms with Gasteiger partial charge in [-0.15, -0.1) is 0 Å². The molecule has 1 unspecified atom stereocenters. The first-order valence-electron chi connectivity index (χ1n) is 14.7. The summed E-state index contributed by atoms with van der Waals surface area (Å²) in [5, 5.41) is 0. The fourth-order valence-corrected chi connectivity index (χ4v) is 6.05. The van der Waals surface area contributed by atoms with E-state index in [1.165, 1.54) is 83.5 Å². The van der Waals surface area contributed by atoms with Crippen molar-refractivity contribution in [2.75, 3.05) is 46.5 Å². The van der Waals surface area contributed by atoms with Gasteiger partial charge in [0.25, 0.3) is 7.82 Å². The van der Waals surface area contributed by atoms with Crippen molar-refractivity contribution in [2.45, 2.75) is 122 Å². The van der Waals surface area contributed by atoms with Crippen molar-refractivity contribution in [1.29, 1.82) is 0 Å². The number of phosphoric ester groups is 1. The van der Waals surface area contributed by atoms with Gasteiger partial charge in [-0.3, -0.25) is 4.57 Å². The lowest BCUT2D eigenvalue weighted by molar-refractivity contribution is -0.914. The van der Waals surface area contributed by atoms with Gasteiger partial charge in [-0.2, -0.15) is 0 Å². The van der Waals surface area contributed by atoms with Crippen LogP contribution in [0.25, 0.3) is 0 Å². The molecule has 0 aromatic rings. The molecule has 1 atom stereocenters. The number of likely N-dealkylation sites (N-methyl/N-ethyl adjacent to an activating group) is 1. The van der Waals surface area contributed by atoms with Crippen LogP contribution in [0.2, 0.25) is 0 Å². The Hall–Kier alpha value is -0.230.